The van der Waals surface area contributed by atoms with E-state index in [-0.39, 0.29) is 5.91 Å². The molecule has 136 valence electrons. The molecule has 3 aliphatic rings. The number of anilines is 2. The molecule has 1 aromatic rings. The van der Waals surface area contributed by atoms with E-state index < -0.39 is 0 Å². The van der Waals surface area contributed by atoms with Gasteiger partial charge in [-0.1, -0.05) is 26.2 Å². The monoisotopic (exact) mass is 342 g/mol. The first-order chi connectivity index (χ1) is 12.1. The van der Waals surface area contributed by atoms with Crippen molar-refractivity contribution in [3.63, 3.8) is 0 Å². The molecule has 0 aromatic heterocycles. The lowest BCUT2D eigenvalue weighted by Gasteiger charge is -2.37. The Morgan fingerprint density at radius 1 is 1.24 bits per heavy atom. The van der Waals surface area contributed by atoms with E-state index in [9.17, 15) is 4.79 Å². The lowest BCUT2D eigenvalue weighted by molar-refractivity contribution is -0.118. The van der Waals surface area contributed by atoms with E-state index in [0.717, 1.165) is 37.9 Å². The molecule has 1 atom stereocenters. The van der Waals surface area contributed by atoms with Crippen LogP contribution in [-0.4, -0.2) is 32.2 Å². The summed E-state index contributed by atoms with van der Waals surface area (Å²) in [5.74, 6) is 1.54. The second kappa shape index (κ2) is 6.99. The molecular formula is C21H30N2O2. The zero-order valence-corrected chi connectivity index (χ0v) is 15.3. The zero-order chi connectivity index (χ0) is 17.3. The Hall–Kier alpha value is -1.55. The van der Waals surface area contributed by atoms with Crippen molar-refractivity contribution in [2.24, 2.45) is 17.3 Å². The largest absolute Gasteiger partial charge is 0.378 e. The summed E-state index contributed by atoms with van der Waals surface area (Å²) in [6, 6.07) is 8.26. The van der Waals surface area contributed by atoms with Gasteiger partial charge in [0.2, 0.25) is 5.91 Å². The average molecular weight is 342 g/mol. The minimum atomic E-state index is 0.184. The number of nitrogens with one attached hydrogen (secondary N) is 1. The van der Waals surface area contributed by atoms with Crippen LogP contribution in [0.15, 0.2) is 24.3 Å². The fourth-order valence-corrected chi connectivity index (χ4v) is 4.38. The SMILES string of the molecule is CC1(C(CC(=O)Nc2ccc(N3CCOCC3)cc2)C2CCC2)CC1. The van der Waals surface area contributed by atoms with E-state index in [4.69, 9.17) is 4.74 Å². The molecule has 1 amide bonds. The van der Waals surface area contributed by atoms with Gasteiger partial charge >= 0.3 is 0 Å². The smallest absolute Gasteiger partial charge is 0.224 e. The first-order valence-electron chi connectivity index (χ1n) is 9.87. The Labute approximate surface area is 150 Å². The molecule has 1 N–H and O–H groups in total. The maximum Gasteiger partial charge on any atom is 0.224 e. The van der Waals surface area contributed by atoms with Gasteiger partial charge in [-0.15, -0.1) is 0 Å². The number of carbonyl (C=O) groups excluding carboxylic acids is 1. The Bertz CT molecular complexity index is 599. The Balaban J connectivity index is 1.34. The van der Waals surface area contributed by atoms with E-state index in [0.29, 0.717) is 17.8 Å². The maximum atomic E-state index is 12.6. The van der Waals surface area contributed by atoms with Gasteiger partial charge in [-0.05, 0) is 54.4 Å². The quantitative estimate of drug-likeness (QED) is 0.847. The fourth-order valence-electron chi connectivity index (χ4n) is 4.38. The van der Waals surface area contributed by atoms with E-state index in [1.54, 1.807) is 0 Å². The number of nitrogens with zero attached hydrogens (tertiary/aromatic N) is 1. The molecule has 1 aliphatic heterocycles. The van der Waals surface area contributed by atoms with Crippen LogP contribution < -0.4 is 10.2 Å². The molecule has 1 saturated heterocycles. The van der Waals surface area contributed by atoms with Crippen LogP contribution >= 0.6 is 0 Å². The van der Waals surface area contributed by atoms with Crippen molar-refractivity contribution >= 4 is 17.3 Å². The van der Waals surface area contributed by atoms with Crippen molar-refractivity contribution < 1.29 is 9.53 Å². The van der Waals surface area contributed by atoms with Gasteiger partial charge < -0.3 is 15.0 Å². The molecule has 0 radical (unpaired) electrons. The molecule has 4 rings (SSSR count). The Morgan fingerprint density at radius 2 is 1.92 bits per heavy atom. The third-order valence-corrected chi connectivity index (χ3v) is 6.59. The molecule has 4 nitrogen and oxygen atoms in total. The third kappa shape index (κ3) is 3.84. The molecule has 0 bridgehead atoms. The van der Waals surface area contributed by atoms with Crippen LogP contribution in [0.2, 0.25) is 0 Å². The van der Waals surface area contributed by atoms with Crippen molar-refractivity contribution in [1.29, 1.82) is 0 Å². The van der Waals surface area contributed by atoms with Gasteiger partial charge in [-0.25, -0.2) is 0 Å². The van der Waals surface area contributed by atoms with Crippen LogP contribution in [-0.2, 0) is 9.53 Å². The standard InChI is InChI=1S/C21H30N2O2/c1-21(9-10-21)19(16-3-2-4-16)15-20(24)22-17-5-7-18(8-6-17)23-11-13-25-14-12-23/h5-8,16,19H,2-4,9-15H2,1H3,(H,22,24). The predicted octanol–water partition coefficient (Wildman–Crippen LogP) is 4.07. The molecule has 4 heteroatoms. The number of amides is 1. The van der Waals surface area contributed by atoms with Gasteiger partial charge in [0.1, 0.15) is 0 Å². The maximum absolute atomic E-state index is 12.6. The lowest BCUT2D eigenvalue weighted by atomic mass is 9.68. The highest BCUT2D eigenvalue weighted by atomic mass is 16.5. The van der Waals surface area contributed by atoms with Gasteiger partial charge in [0.05, 0.1) is 13.2 Å². The first kappa shape index (κ1) is 16.9. The minimum absolute atomic E-state index is 0.184. The van der Waals surface area contributed by atoms with Crippen LogP contribution in [0.3, 0.4) is 0 Å². The number of morpholine rings is 1. The van der Waals surface area contributed by atoms with Crippen LogP contribution in [0.25, 0.3) is 0 Å². The van der Waals surface area contributed by atoms with Crippen molar-refractivity contribution in [2.45, 2.75) is 45.4 Å². The van der Waals surface area contributed by atoms with Gasteiger partial charge in [0.15, 0.2) is 0 Å². The first-order valence-corrected chi connectivity index (χ1v) is 9.87. The van der Waals surface area contributed by atoms with Gasteiger partial charge in [0.25, 0.3) is 0 Å². The number of hydrogen-bond donors (Lipinski definition) is 1. The summed E-state index contributed by atoms with van der Waals surface area (Å²) < 4.78 is 5.40. The highest BCUT2D eigenvalue weighted by Gasteiger charge is 2.49. The number of rotatable bonds is 6. The summed E-state index contributed by atoms with van der Waals surface area (Å²) in [7, 11) is 0. The predicted molar refractivity (Wildman–Crippen MR) is 101 cm³/mol. The number of carbonyl (C=O) groups is 1. The van der Waals surface area contributed by atoms with Crippen LogP contribution in [0, 0.1) is 17.3 Å². The molecule has 0 spiro atoms. The normalized spacial score (nSPS) is 23.6. The van der Waals surface area contributed by atoms with Gasteiger partial charge in [-0.2, -0.15) is 0 Å². The summed E-state index contributed by atoms with van der Waals surface area (Å²) >= 11 is 0. The van der Waals surface area contributed by atoms with E-state index in [1.807, 2.05) is 12.1 Å². The summed E-state index contributed by atoms with van der Waals surface area (Å²) in [4.78, 5) is 14.9. The molecule has 2 saturated carbocycles. The van der Waals surface area contributed by atoms with E-state index in [1.165, 1.54) is 37.8 Å². The minimum Gasteiger partial charge on any atom is -0.378 e. The summed E-state index contributed by atoms with van der Waals surface area (Å²) in [5, 5.41) is 3.12. The molecule has 1 heterocycles. The highest BCUT2D eigenvalue weighted by molar-refractivity contribution is 5.91. The topological polar surface area (TPSA) is 41.6 Å². The van der Waals surface area contributed by atoms with Gasteiger partial charge in [-0.3, -0.25) is 4.79 Å². The van der Waals surface area contributed by atoms with Crippen molar-refractivity contribution in [3.8, 4) is 0 Å². The molecular weight excluding hydrogens is 312 g/mol. The Morgan fingerprint density at radius 3 is 2.48 bits per heavy atom. The second-order valence-corrected chi connectivity index (χ2v) is 8.35. The number of benzene rings is 1. The Kier molecular flexibility index (Phi) is 4.72. The summed E-state index contributed by atoms with van der Waals surface area (Å²) in [6.07, 6.45) is 7.28. The molecule has 1 unspecified atom stereocenters. The second-order valence-electron chi connectivity index (χ2n) is 8.35. The molecule has 25 heavy (non-hydrogen) atoms. The van der Waals surface area contributed by atoms with Crippen LogP contribution in [0.4, 0.5) is 11.4 Å². The highest BCUT2D eigenvalue weighted by Crippen LogP contribution is 2.58. The van der Waals surface area contributed by atoms with Crippen molar-refractivity contribution in [2.75, 3.05) is 36.5 Å². The third-order valence-electron chi connectivity index (χ3n) is 6.59. The summed E-state index contributed by atoms with van der Waals surface area (Å²) in [5.41, 5.74) is 2.55. The zero-order valence-electron chi connectivity index (χ0n) is 15.3. The fraction of sp³-hybridized carbons (Fsp3) is 0.667. The van der Waals surface area contributed by atoms with Crippen LogP contribution in [0.1, 0.15) is 45.4 Å². The number of ether oxygens (including phenoxy) is 1. The lowest BCUT2D eigenvalue weighted by Crippen LogP contribution is -2.36. The van der Waals surface area contributed by atoms with E-state index in [2.05, 4.69) is 29.3 Å². The van der Waals surface area contributed by atoms with Crippen molar-refractivity contribution in [1.82, 2.24) is 0 Å². The molecule has 1 aromatic carbocycles. The van der Waals surface area contributed by atoms with Crippen LogP contribution in [0.5, 0.6) is 0 Å². The van der Waals surface area contributed by atoms with E-state index >= 15 is 0 Å². The van der Waals surface area contributed by atoms with Gasteiger partial charge in [0, 0.05) is 30.9 Å². The summed E-state index contributed by atoms with van der Waals surface area (Å²) in [6.45, 7) is 5.83. The number of hydrogen-bond acceptors (Lipinski definition) is 3. The average Bonchev–Trinajstić information content (AvgIpc) is 3.33. The van der Waals surface area contributed by atoms with Crippen molar-refractivity contribution in [3.05, 3.63) is 24.3 Å². The molecule has 3 fully saturated rings. The molecule has 2 aliphatic carbocycles.